The Bertz CT molecular complexity index is 1210. The van der Waals surface area contributed by atoms with Gasteiger partial charge in [0.15, 0.2) is 11.6 Å². The summed E-state index contributed by atoms with van der Waals surface area (Å²) in [5, 5.41) is 6.21. The number of carbonyl (C=O) groups excluding carboxylic acids is 3. The Hall–Kier alpha value is -3.49. The van der Waals surface area contributed by atoms with Gasteiger partial charge in [0.2, 0.25) is 11.8 Å². The predicted octanol–water partition coefficient (Wildman–Crippen LogP) is 5.07. The Kier molecular flexibility index (Phi) is 7.36. The average Bonchev–Trinajstić information content (AvgIpc) is 3.70. The molecule has 3 amide bonds. The summed E-state index contributed by atoms with van der Waals surface area (Å²) in [7, 11) is 0. The minimum Gasteiger partial charge on any atom is -0.450 e. The lowest BCUT2D eigenvalue weighted by atomic mass is 9.71. The van der Waals surface area contributed by atoms with Crippen LogP contribution in [0.2, 0.25) is 0 Å². The summed E-state index contributed by atoms with van der Waals surface area (Å²) in [4.78, 5) is 39.3. The zero-order valence-electron chi connectivity index (χ0n) is 21.5. The van der Waals surface area contributed by atoms with Crippen molar-refractivity contribution < 1.29 is 27.9 Å². The van der Waals surface area contributed by atoms with Gasteiger partial charge in [0, 0.05) is 30.6 Å². The molecule has 5 rings (SSSR count). The lowest BCUT2D eigenvalue weighted by molar-refractivity contribution is -0.125. The number of nitrogens with one attached hydrogen (secondary N) is 2. The van der Waals surface area contributed by atoms with Gasteiger partial charge >= 0.3 is 6.09 Å². The molecule has 202 valence electrons. The number of benzene rings is 2. The third-order valence-corrected chi connectivity index (χ3v) is 8.17. The third kappa shape index (κ3) is 5.37. The van der Waals surface area contributed by atoms with Crippen molar-refractivity contribution in [2.75, 3.05) is 25.0 Å². The molecule has 1 saturated heterocycles. The fourth-order valence-corrected chi connectivity index (χ4v) is 5.60. The smallest absolute Gasteiger partial charge is 0.409 e. The number of hydrogen-bond acceptors (Lipinski definition) is 4. The first-order valence-electron chi connectivity index (χ1n) is 13.4. The summed E-state index contributed by atoms with van der Waals surface area (Å²) in [6.45, 7) is 3.09. The van der Waals surface area contributed by atoms with Crippen LogP contribution in [-0.4, -0.2) is 42.5 Å². The van der Waals surface area contributed by atoms with Gasteiger partial charge in [-0.2, -0.15) is 0 Å². The SMILES string of the molecule is CCOC(=O)N1CCC(C(=O)Nc2ccc(C3(NC(=O)C4CC4c4ccc(F)c(F)c4)CCC3)cc2)CC1. The molecular formula is C29H33F2N3O4. The van der Waals surface area contributed by atoms with Crippen LogP contribution in [0.5, 0.6) is 0 Å². The molecule has 0 bridgehead atoms. The number of halogens is 2. The van der Waals surface area contributed by atoms with E-state index in [1.807, 2.05) is 24.3 Å². The van der Waals surface area contributed by atoms with Gasteiger partial charge in [-0.05, 0) is 86.8 Å². The first-order chi connectivity index (χ1) is 18.3. The first-order valence-corrected chi connectivity index (χ1v) is 13.4. The molecule has 3 aliphatic rings. The average molecular weight is 526 g/mol. The molecule has 1 heterocycles. The molecule has 2 aliphatic carbocycles. The van der Waals surface area contributed by atoms with E-state index in [0.717, 1.165) is 30.9 Å². The van der Waals surface area contributed by atoms with E-state index in [-0.39, 0.29) is 35.7 Å². The van der Waals surface area contributed by atoms with Gasteiger partial charge in [-0.25, -0.2) is 13.6 Å². The predicted molar refractivity (Wildman–Crippen MR) is 137 cm³/mol. The minimum atomic E-state index is -0.890. The maximum absolute atomic E-state index is 13.6. The zero-order valence-corrected chi connectivity index (χ0v) is 21.5. The van der Waals surface area contributed by atoms with Crippen molar-refractivity contribution >= 4 is 23.6 Å². The number of carbonyl (C=O) groups is 3. The molecule has 2 aromatic rings. The van der Waals surface area contributed by atoms with E-state index >= 15 is 0 Å². The normalized spacial score (nSPS) is 22.2. The van der Waals surface area contributed by atoms with Crippen molar-refractivity contribution in [2.24, 2.45) is 11.8 Å². The van der Waals surface area contributed by atoms with Crippen molar-refractivity contribution in [3.8, 4) is 0 Å². The molecular weight excluding hydrogens is 492 g/mol. The minimum absolute atomic E-state index is 0.0639. The van der Waals surface area contributed by atoms with Gasteiger partial charge in [0.05, 0.1) is 12.1 Å². The molecule has 9 heteroatoms. The van der Waals surface area contributed by atoms with Crippen LogP contribution in [-0.2, 0) is 19.9 Å². The van der Waals surface area contributed by atoms with E-state index in [1.54, 1.807) is 17.9 Å². The van der Waals surface area contributed by atoms with E-state index in [9.17, 15) is 23.2 Å². The van der Waals surface area contributed by atoms with Crippen molar-refractivity contribution in [1.82, 2.24) is 10.2 Å². The maximum Gasteiger partial charge on any atom is 0.409 e. The van der Waals surface area contributed by atoms with Gasteiger partial charge in [-0.15, -0.1) is 0 Å². The van der Waals surface area contributed by atoms with Crippen LogP contribution >= 0.6 is 0 Å². The largest absolute Gasteiger partial charge is 0.450 e. The Morgan fingerprint density at radius 3 is 2.32 bits per heavy atom. The summed E-state index contributed by atoms with van der Waals surface area (Å²) in [5.74, 6) is -2.41. The molecule has 2 N–H and O–H groups in total. The van der Waals surface area contributed by atoms with E-state index in [0.29, 0.717) is 50.2 Å². The number of anilines is 1. The topological polar surface area (TPSA) is 87.7 Å². The second kappa shape index (κ2) is 10.7. The molecule has 0 aromatic heterocycles. The highest BCUT2D eigenvalue weighted by molar-refractivity contribution is 5.92. The maximum atomic E-state index is 13.6. The van der Waals surface area contributed by atoms with Crippen molar-refractivity contribution in [3.63, 3.8) is 0 Å². The Morgan fingerprint density at radius 1 is 1.00 bits per heavy atom. The number of rotatable bonds is 7. The Balaban J connectivity index is 1.15. The molecule has 2 atom stereocenters. The molecule has 7 nitrogen and oxygen atoms in total. The summed E-state index contributed by atoms with van der Waals surface area (Å²) in [5.41, 5.74) is 1.88. The van der Waals surface area contributed by atoms with E-state index in [2.05, 4.69) is 10.6 Å². The highest BCUT2D eigenvalue weighted by Gasteiger charge is 2.48. The van der Waals surface area contributed by atoms with Crippen LogP contribution in [0, 0.1) is 23.5 Å². The van der Waals surface area contributed by atoms with Crippen LogP contribution in [0.1, 0.15) is 62.5 Å². The molecule has 3 fully saturated rings. The molecule has 1 aliphatic heterocycles. The summed E-state index contributed by atoms with van der Waals surface area (Å²) in [6, 6.07) is 11.4. The second-order valence-corrected chi connectivity index (χ2v) is 10.6. The van der Waals surface area contributed by atoms with Gasteiger partial charge in [-0.3, -0.25) is 9.59 Å². The number of amides is 3. The molecule has 2 unspecified atom stereocenters. The van der Waals surface area contributed by atoms with Gasteiger partial charge < -0.3 is 20.3 Å². The van der Waals surface area contributed by atoms with Crippen LogP contribution in [0.15, 0.2) is 42.5 Å². The Morgan fingerprint density at radius 2 is 1.71 bits per heavy atom. The number of hydrogen-bond donors (Lipinski definition) is 2. The summed E-state index contributed by atoms with van der Waals surface area (Å²) in [6.07, 6.45) is 4.12. The number of piperidine rings is 1. The van der Waals surface area contributed by atoms with Crippen LogP contribution in [0.4, 0.5) is 19.3 Å². The Labute approximate surface area is 220 Å². The standard InChI is InChI=1S/C29H33F2N3O4/c1-2-38-28(37)34-14-10-18(11-15-34)26(35)32-21-7-5-20(6-8-21)29(12-3-13-29)33-27(36)23-17-22(23)19-4-9-24(30)25(31)16-19/h4-9,16,18,22-23H,2-3,10-15,17H2,1H3,(H,32,35)(H,33,36). The first kappa shape index (κ1) is 26.1. The van der Waals surface area contributed by atoms with Crippen molar-refractivity contribution in [1.29, 1.82) is 0 Å². The highest BCUT2D eigenvalue weighted by Crippen LogP contribution is 2.49. The van der Waals surface area contributed by atoms with Crippen LogP contribution in [0.3, 0.4) is 0 Å². The van der Waals surface area contributed by atoms with E-state index in [1.165, 1.54) is 6.07 Å². The summed E-state index contributed by atoms with van der Waals surface area (Å²) >= 11 is 0. The van der Waals surface area contributed by atoms with Gasteiger partial charge in [0.25, 0.3) is 0 Å². The zero-order chi connectivity index (χ0) is 26.9. The van der Waals surface area contributed by atoms with E-state index < -0.39 is 17.2 Å². The van der Waals surface area contributed by atoms with Crippen molar-refractivity contribution in [3.05, 3.63) is 65.2 Å². The van der Waals surface area contributed by atoms with Gasteiger partial charge in [-0.1, -0.05) is 18.2 Å². The van der Waals surface area contributed by atoms with E-state index in [4.69, 9.17) is 4.74 Å². The van der Waals surface area contributed by atoms with Crippen LogP contribution in [0.25, 0.3) is 0 Å². The molecule has 2 saturated carbocycles. The summed E-state index contributed by atoms with van der Waals surface area (Å²) < 4.78 is 31.9. The molecule has 0 spiro atoms. The fourth-order valence-electron chi connectivity index (χ4n) is 5.60. The fraction of sp³-hybridized carbons (Fsp3) is 0.483. The number of likely N-dealkylation sites (tertiary alicyclic amines) is 1. The lowest BCUT2D eigenvalue weighted by Gasteiger charge is -2.43. The van der Waals surface area contributed by atoms with Crippen LogP contribution < -0.4 is 10.6 Å². The van der Waals surface area contributed by atoms with Gasteiger partial charge in [0.1, 0.15) is 0 Å². The second-order valence-electron chi connectivity index (χ2n) is 10.6. The molecule has 0 radical (unpaired) electrons. The monoisotopic (exact) mass is 525 g/mol. The van der Waals surface area contributed by atoms with Crippen molar-refractivity contribution in [2.45, 2.75) is 56.9 Å². The third-order valence-electron chi connectivity index (χ3n) is 8.17. The number of ether oxygens (including phenoxy) is 1. The quantitative estimate of drug-likeness (QED) is 0.528. The molecule has 38 heavy (non-hydrogen) atoms. The lowest BCUT2D eigenvalue weighted by Crippen LogP contribution is -2.51. The highest BCUT2D eigenvalue weighted by atomic mass is 19.2. The molecule has 2 aromatic carbocycles. The number of nitrogens with zero attached hydrogens (tertiary/aromatic N) is 1.